The molecule has 2 heterocycles. The summed E-state index contributed by atoms with van der Waals surface area (Å²) in [7, 11) is -2.32. The number of aryl methyl sites for hydroxylation is 2. The molecule has 2 aromatic carbocycles. The topological polar surface area (TPSA) is 102 Å². The minimum absolute atomic E-state index is 0.00852. The van der Waals surface area contributed by atoms with E-state index in [0.29, 0.717) is 24.2 Å². The van der Waals surface area contributed by atoms with E-state index in [9.17, 15) is 18.0 Å². The first-order valence-corrected chi connectivity index (χ1v) is 10.3. The Bertz CT molecular complexity index is 1260. The van der Waals surface area contributed by atoms with Gasteiger partial charge in [0, 0.05) is 37.5 Å². The number of carbonyl (C=O) groups is 1. The third kappa shape index (κ3) is 3.07. The molecule has 0 saturated carbocycles. The number of carbonyl (C=O) groups excluding carboxylic acids is 1. The summed E-state index contributed by atoms with van der Waals surface area (Å²) < 4.78 is 34.4. The number of amides is 1. The standard InChI is InChI=1S/C19H19N3O5S/c1-12-10-13(5-7-15(12)22-9-3-4-18(22)23)20-28(25,26)14-6-8-16-17(11-14)27-19(24)21(16)2/h5-8,10-11,20H,3-4,9H2,1-2H3. The molecule has 9 heteroatoms. The van der Waals surface area contributed by atoms with Crippen LogP contribution < -0.4 is 15.4 Å². The maximum absolute atomic E-state index is 12.7. The van der Waals surface area contributed by atoms with Gasteiger partial charge in [-0.15, -0.1) is 0 Å². The van der Waals surface area contributed by atoms with E-state index in [1.807, 2.05) is 6.92 Å². The molecule has 146 valence electrons. The molecule has 1 saturated heterocycles. The second-order valence-electron chi connectivity index (χ2n) is 6.81. The molecule has 0 bridgehead atoms. The third-order valence-corrected chi connectivity index (χ3v) is 6.27. The molecule has 0 radical (unpaired) electrons. The van der Waals surface area contributed by atoms with Crippen molar-refractivity contribution in [1.29, 1.82) is 0 Å². The largest absolute Gasteiger partial charge is 0.419 e. The second-order valence-corrected chi connectivity index (χ2v) is 8.49. The van der Waals surface area contributed by atoms with Gasteiger partial charge >= 0.3 is 5.76 Å². The van der Waals surface area contributed by atoms with Crippen LogP contribution >= 0.6 is 0 Å². The van der Waals surface area contributed by atoms with Crippen molar-refractivity contribution < 1.29 is 17.6 Å². The quantitative estimate of drug-likeness (QED) is 0.723. The molecular weight excluding hydrogens is 382 g/mol. The average Bonchev–Trinajstić information content (AvgIpc) is 3.18. The summed E-state index contributed by atoms with van der Waals surface area (Å²) in [5, 5.41) is 0. The van der Waals surface area contributed by atoms with Crippen molar-refractivity contribution in [2.45, 2.75) is 24.7 Å². The van der Waals surface area contributed by atoms with E-state index in [-0.39, 0.29) is 16.4 Å². The Hall–Kier alpha value is -3.07. The normalized spacial score (nSPS) is 14.8. The zero-order valence-corrected chi connectivity index (χ0v) is 16.2. The Kier molecular flexibility index (Phi) is 4.26. The predicted molar refractivity (Wildman–Crippen MR) is 105 cm³/mol. The Balaban J connectivity index is 1.63. The highest BCUT2D eigenvalue weighted by atomic mass is 32.2. The molecule has 0 aliphatic carbocycles. The number of hydrogen-bond acceptors (Lipinski definition) is 5. The van der Waals surface area contributed by atoms with Crippen molar-refractivity contribution in [2.24, 2.45) is 7.05 Å². The molecule has 8 nitrogen and oxygen atoms in total. The highest BCUT2D eigenvalue weighted by Crippen LogP contribution is 2.28. The lowest BCUT2D eigenvalue weighted by Crippen LogP contribution is -2.24. The van der Waals surface area contributed by atoms with Gasteiger partial charge in [0.15, 0.2) is 5.58 Å². The number of aromatic nitrogens is 1. The highest BCUT2D eigenvalue weighted by molar-refractivity contribution is 7.92. The SMILES string of the molecule is Cc1cc(NS(=O)(=O)c2ccc3c(c2)oc(=O)n3C)ccc1N1CCCC1=O. The molecule has 0 atom stereocenters. The molecule has 0 spiro atoms. The number of benzene rings is 2. The first-order valence-electron chi connectivity index (χ1n) is 8.80. The van der Waals surface area contributed by atoms with Crippen LogP contribution in [0.1, 0.15) is 18.4 Å². The van der Waals surface area contributed by atoms with Gasteiger partial charge in [-0.05, 0) is 49.2 Å². The molecule has 1 aliphatic heterocycles. The minimum Gasteiger partial charge on any atom is -0.408 e. The number of anilines is 2. The van der Waals surface area contributed by atoms with Gasteiger partial charge in [0.1, 0.15) is 0 Å². The summed E-state index contributed by atoms with van der Waals surface area (Å²) in [6, 6.07) is 9.34. The lowest BCUT2D eigenvalue weighted by Gasteiger charge is -2.19. The van der Waals surface area contributed by atoms with Gasteiger partial charge in [-0.1, -0.05) is 0 Å². The highest BCUT2D eigenvalue weighted by Gasteiger charge is 2.23. The molecule has 4 rings (SSSR count). The van der Waals surface area contributed by atoms with Crippen LogP contribution in [0.3, 0.4) is 0 Å². The van der Waals surface area contributed by atoms with Crippen LogP contribution in [0.4, 0.5) is 11.4 Å². The van der Waals surface area contributed by atoms with Crippen molar-refractivity contribution in [3.05, 3.63) is 52.5 Å². The zero-order valence-electron chi connectivity index (χ0n) is 15.4. The number of nitrogens with zero attached hydrogens (tertiary/aromatic N) is 2. The van der Waals surface area contributed by atoms with E-state index in [2.05, 4.69) is 4.72 Å². The first kappa shape index (κ1) is 18.3. The van der Waals surface area contributed by atoms with Crippen molar-refractivity contribution in [2.75, 3.05) is 16.2 Å². The van der Waals surface area contributed by atoms with Crippen LogP contribution in [0.5, 0.6) is 0 Å². The molecule has 28 heavy (non-hydrogen) atoms. The Morgan fingerprint density at radius 1 is 1.11 bits per heavy atom. The molecule has 0 unspecified atom stereocenters. The number of sulfonamides is 1. The van der Waals surface area contributed by atoms with Crippen molar-refractivity contribution in [3.63, 3.8) is 0 Å². The van der Waals surface area contributed by atoms with E-state index in [1.54, 1.807) is 30.1 Å². The van der Waals surface area contributed by atoms with Crippen LogP contribution in [0.25, 0.3) is 11.1 Å². The van der Waals surface area contributed by atoms with E-state index in [1.165, 1.54) is 22.8 Å². The van der Waals surface area contributed by atoms with Crippen LogP contribution in [-0.2, 0) is 21.9 Å². The van der Waals surface area contributed by atoms with E-state index in [4.69, 9.17) is 4.42 Å². The van der Waals surface area contributed by atoms with Crippen molar-refractivity contribution >= 4 is 38.4 Å². The van der Waals surface area contributed by atoms with Crippen molar-refractivity contribution in [3.8, 4) is 0 Å². The summed E-state index contributed by atoms with van der Waals surface area (Å²) in [5.41, 5.74) is 2.70. The van der Waals surface area contributed by atoms with Crippen LogP contribution in [0.2, 0.25) is 0 Å². The molecule has 1 fully saturated rings. The van der Waals surface area contributed by atoms with E-state index in [0.717, 1.165) is 17.7 Å². The average molecular weight is 401 g/mol. The Labute approximate surface area is 161 Å². The maximum atomic E-state index is 12.7. The van der Waals surface area contributed by atoms with Crippen LogP contribution in [-0.4, -0.2) is 25.4 Å². The number of hydrogen-bond donors (Lipinski definition) is 1. The second kappa shape index (κ2) is 6.52. The smallest absolute Gasteiger partial charge is 0.408 e. The molecule has 1 amide bonds. The fraction of sp³-hybridized carbons (Fsp3) is 0.263. The summed E-state index contributed by atoms with van der Waals surface area (Å²) in [5.74, 6) is -0.478. The van der Waals surface area contributed by atoms with Crippen LogP contribution in [0.15, 0.2) is 50.5 Å². The molecule has 3 aromatic rings. The van der Waals surface area contributed by atoms with Crippen molar-refractivity contribution in [1.82, 2.24) is 4.57 Å². The molecule has 1 N–H and O–H groups in total. The zero-order chi connectivity index (χ0) is 20.1. The predicted octanol–water partition coefficient (Wildman–Crippen LogP) is 2.37. The molecular formula is C19H19N3O5S. The fourth-order valence-electron chi connectivity index (χ4n) is 3.42. The van der Waals surface area contributed by atoms with Gasteiger partial charge < -0.3 is 9.32 Å². The summed E-state index contributed by atoms with van der Waals surface area (Å²) in [4.78, 5) is 25.2. The number of rotatable bonds is 4. The summed E-state index contributed by atoms with van der Waals surface area (Å²) >= 11 is 0. The number of nitrogens with one attached hydrogen (secondary N) is 1. The fourth-order valence-corrected chi connectivity index (χ4v) is 4.48. The van der Waals surface area contributed by atoms with Gasteiger partial charge in [-0.2, -0.15) is 0 Å². The van der Waals surface area contributed by atoms with Crippen LogP contribution in [0, 0.1) is 6.92 Å². The monoisotopic (exact) mass is 401 g/mol. The van der Waals surface area contributed by atoms with Gasteiger partial charge in [-0.3, -0.25) is 14.1 Å². The maximum Gasteiger partial charge on any atom is 0.419 e. The Morgan fingerprint density at radius 3 is 2.57 bits per heavy atom. The van der Waals surface area contributed by atoms with Gasteiger partial charge in [0.05, 0.1) is 10.4 Å². The van der Waals surface area contributed by atoms with Gasteiger partial charge in [-0.25, -0.2) is 13.2 Å². The summed E-state index contributed by atoms with van der Waals surface area (Å²) in [6.45, 7) is 2.51. The number of fused-ring (bicyclic) bond motifs is 1. The summed E-state index contributed by atoms with van der Waals surface area (Å²) in [6.07, 6.45) is 1.36. The van der Waals surface area contributed by atoms with Gasteiger partial charge in [0.2, 0.25) is 5.91 Å². The van der Waals surface area contributed by atoms with E-state index < -0.39 is 15.8 Å². The molecule has 1 aromatic heterocycles. The van der Waals surface area contributed by atoms with Gasteiger partial charge in [0.25, 0.3) is 10.0 Å². The lowest BCUT2D eigenvalue weighted by molar-refractivity contribution is -0.117. The third-order valence-electron chi connectivity index (χ3n) is 4.89. The first-order chi connectivity index (χ1) is 13.3. The lowest BCUT2D eigenvalue weighted by atomic mass is 10.1. The Morgan fingerprint density at radius 2 is 1.89 bits per heavy atom. The minimum atomic E-state index is -3.87. The number of oxazole rings is 1. The van der Waals surface area contributed by atoms with E-state index >= 15 is 0 Å². The molecule has 1 aliphatic rings.